The molecule has 1 saturated carbocycles. The van der Waals surface area contributed by atoms with E-state index in [0.29, 0.717) is 23.0 Å². The minimum absolute atomic E-state index is 0.199. The number of likely N-dealkylation sites (tertiary alicyclic amines) is 1. The first-order chi connectivity index (χ1) is 8.42. The first kappa shape index (κ1) is 13.8. The van der Waals surface area contributed by atoms with Crippen molar-refractivity contribution >= 4 is 23.1 Å². The fraction of sp³-hybridized carbons (Fsp3) is 0.857. The Labute approximate surface area is 115 Å². The summed E-state index contributed by atoms with van der Waals surface area (Å²) in [6.45, 7) is 6.46. The summed E-state index contributed by atoms with van der Waals surface area (Å²) in [6.07, 6.45) is 4.92. The van der Waals surface area contributed by atoms with Crippen molar-refractivity contribution < 1.29 is 4.79 Å². The van der Waals surface area contributed by atoms with Crippen molar-refractivity contribution in [1.82, 2.24) is 4.90 Å². The van der Waals surface area contributed by atoms with Crippen LogP contribution in [0.3, 0.4) is 0 Å². The fourth-order valence-corrected chi connectivity index (χ4v) is 3.95. The van der Waals surface area contributed by atoms with Gasteiger partial charge in [0, 0.05) is 12.1 Å². The highest BCUT2D eigenvalue weighted by atomic mass is 32.1. The van der Waals surface area contributed by atoms with Crippen molar-refractivity contribution in [2.75, 3.05) is 0 Å². The minimum atomic E-state index is -0.527. The van der Waals surface area contributed by atoms with Crippen LogP contribution in [0.15, 0.2) is 0 Å². The molecule has 1 aliphatic carbocycles. The van der Waals surface area contributed by atoms with Gasteiger partial charge in [-0.05, 0) is 44.9 Å². The van der Waals surface area contributed by atoms with E-state index in [1.54, 1.807) is 0 Å². The maximum Gasteiger partial charge on any atom is 0.236 e. The molecule has 1 saturated heterocycles. The molecule has 2 atom stereocenters. The number of nitrogens with two attached hydrogens (primary N) is 1. The second kappa shape index (κ2) is 4.80. The number of rotatable bonds is 3. The number of amides is 1. The number of hydrogen-bond donors (Lipinski definition) is 1. The van der Waals surface area contributed by atoms with Gasteiger partial charge >= 0.3 is 0 Å². The molecule has 2 aliphatic rings. The first-order valence-electron chi connectivity index (χ1n) is 7.05. The van der Waals surface area contributed by atoms with Gasteiger partial charge in [0.2, 0.25) is 5.91 Å². The van der Waals surface area contributed by atoms with Crippen LogP contribution in [0.5, 0.6) is 0 Å². The first-order valence-corrected chi connectivity index (χ1v) is 7.46. The Balaban J connectivity index is 2.21. The van der Waals surface area contributed by atoms with Crippen molar-refractivity contribution in [3.63, 3.8) is 0 Å². The van der Waals surface area contributed by atoms with Crippen molar-refractivity contribution in [2.45, 2.75) is 65.0 Å². The number of nitrogens with zero attached hydrogens (tertiary/aromatic N) is 1. The second-order valence-corrected chi connectivity index (χ2v) is 6.60. The lowest BCUT2D eigenvalue weighted by Gasteiger charge is -2.47. The third kappa shape index (κ3) is 1.94. The van der Waals surface area contributed by atoms with Crippen LogP contribution < -0.4 is 5.73 Å². The Kier molecular flexibility index (Phi) is 3.67. The fourth-order valence-electron chi connectivity index (χ4n) is 3.70. The van der Waals surface area contributed by atoms with Crippen LogP contribution in [0.25, 0.3) is 0 Å². The summed E-state index contributed by atoms with van der Waals surface area (Å²) in [5.41, 5.74) is 5.35. The van der Waals surface area contributed by atoms with Gasteiger partial charge in [0.15, 0.2) is 0 Å². The molecule has 102 valence electrons. The van der Waals surface area contributed by atoms with E-state index in [1.165, 1.54) is 0 Å². The van der Waals surface area contributed by atoms with Gasteiger partial charge in [-0.3, -0.25) is 4.79 Å². The Bertz CT molecular complexity index is 363. The van der Waals surface area contributed by atoms with E-state index < -0.39 is 5.41 Å². The summed E-state index contributed by atoms with van der Waals surface area (Å²) in [4.78, 5) is 15.4. The van der Waals surface area contributed by atoms with Crippen LogP contribution in [0.1, 0.15) is 52.9 Å². The summed E-state index contributed by atoms with van der Waals surface area (Å²) < 4.78 is 0. The van der Waals surface area contributed by atoms with Crippen molar-refractivity contribution in [3.8, 4) is 0 Å². The second-order valence-electron chi connectivity index (χ2n) is 6.16. The number of carbonyl (C=O) groups excluding carboxylic acids is 1. The average Bonchev–Trinajstić information content (AvgIpc) is 2.64. The smallest absolute Gasteiger partial charge is 0.236 e. The lowest BCUT2D eigenvalue weighted by atomic mass is 9.61. The van der Waals surface area contributed by atoms with Gasteiger partial charge in [-0.1, -0.05) is 26.1 Å². The zero-order valence-corrected chi connectivity index (χ0v) is 12.4. The SMILES string of the molecule is CCC1CCC(C)N1C(=O)C1(C(N)=S)CC(C)C1. The van der Waals surface area contributed by atoms with Crippen molar-refractivity contribution in [2.24, 2.45) is 17.1 Å². The molecule has 0 radical (unpaired) electrons. The monoisotopic (exact) mass is 268 g/mol. The Hall–Kier alpha value is -0.640. The van der Waals surface area contributed by atoms with Gasteiger partial charge in [0.05, 0.1) is 10.4 Å². The molecule has 0 aromatic heterocycles. The highest BCUT2D eigenvalue weighted by molar-refractivity contribution is 7.80. The van der Waals surface area contributed by atoms with E-state index in [0.717, 1.165) is 32.1 Å². The van der Waals surface area contributed by atoms with Crippen LogP contribution >= 0.6 is 12.2 Å². The predicted octanol–water partition coefficient (Wildman–Crippen LogP) is 2.48. The third-order valence-electron chi connectivity index (χ3n) is 4.77. The molecule has 2 N–H and O–H groups in total. The van der Waals surface area contributed by atoms with E-state index in [1.807, 2.05) is 0 Å². The molecule has 1 heterocycles. The van der Waals surface area contributed by atoms with Gasteiger partial charge in [0.25, 0.3) is 0 Å². The molecule has 2 unspecified atom stereocenters. The van der Waals surface area contributed by atoms with Gasteiger partial charge < -0.3 is 10.6 Å². The van der Waals surface area contributed by atoms with Crippen LogP contribution in [0.2, 0.25) is 0 Å². The van der Waals surface area contributed by atoms with Crippen LogP contribution in [0, 0.1) is 11.3 Å². The molecule has 0 aromatic carbocycles. The van der Waals surface area contributed by atoms with E-state index in [9.17, 15) is 4.79 Å². The summed E-state index contributed by atoms with van der Waals surface area (Å²) in [5.74, 6) is 0.762. The molecule has 2 fully saturated rings. The predicted molar refractivity (Wildman–Crippen MR) is 77.2 cm³/mol. The maximum atomic E-state index is 12.9. The summed E-state index contributed by atoms with van der Waals surface area (Å²) >= 11 is 5.19. The van der Waals surface area contributed by atoms with Crippen molar-refractivity contribution in [1.29, 1.82) is 0 Å². The minimum Gasteiger partial charge on any atom is -0.392 e. The standard InChI is InChI=1S/C14H24N2OS/c1-4-11-6-5-10(3)16(11)13(17)14(12(15)18)7-9(2)8-14/h9-11H,4-8H2,1-3H3,(H2,15,18). The molecule has 1 amide bonds. The molecule has 0 bridgehead atoms. The van der Waals surface area contributed by atoms with Crippen LogP contribution in [-0.4, -0.2) is 27.9 Å². The molecular weight excluding hydrogens is 244 g/mol. The normalized spacial score (nSPS) is 39.5. The lowest BCUT2D eigenvalue weighted by Crippen LogP contribution is -2.59. The van der Waals surface area contributed by atoms with Gasteiger partial charge in [-0.2, -0.15) is 0 Å². The van der Waals surface area contributed by atoms with E-state index >= 15 is 0 Å². The Morgan fingerprint density at radius 3 is 2.44 bits per heavy atom. The Morgan fingerprint density at radius 2 is 2.00 bits per heavy atom. The number of thiocarbonyl (C=S) groups is 1. The van der Waals surface area contributed by atoms with Crippen LogP contribution in [-0.2, 0) is 4.79 Å². The van der Waals surface area contributed by atoms with Gasteiger partial charge in [-0.15, -0.1) is 0 Å². The molecular formula is C14H24N2OS. The quantitative estimate of drug-likeness (QED) is 0.800. The summed E-state index contributed by atoms with van der Waals surface area (Å²) in [5, 5.41) is 0. The molecule has 4 heteroatoms. The third-order valence-corrected chi connectivity index (χ3v) is 5.16. The molecule has 2 rings (SSSR count). The molecule has 3 nitrogen and oxygen atoms in total. The van der Waals surface area contributed by atoms with Crippen molar-refractivity contribution in [3.05, 3.63) is 0 Å². The largest absolute Gasteiger partial charge is 0.392 e. The van der Waals surface area contributed by atoms with Crippen LogP contribution in [0.4, 0.5) is 0 Å². The molecule has 0 aromatic rings. The Morgan fingerprint density at radius 1 is 1.39 bits per heavy atom. The number of carbonyl (C=O) groups is 1. The zero-order valence-electron chi connectivity index (χ0n) is 11.6. The van der Waals surface area contributed by atoms with E-state index in [4.69, 9.17) is 18.0 Å². The lowest BCUT2D eigenvalue weighted by molar-refractivity contribution is -0.147. The maximum absolute atomic E-state index is 12.9. The topological polar surface area (TPSA) is 46.3 Å². The average molecular weight is 268 g/mol. The molecule has 1 aliphatic heterocycles. The molecule has 0 spiro atoms. The summed E-state index contributed by atoms with van der Waals surface area (Å²) in [7, 11) is 0. The molecule has 18 heavy (non-hydrogen) atoms. The summed E-state index contributed by atoms with van der Waals surface area (Å²) in [6, 6.07) is 0.721. The number of hydrogen-bond acceptors (Lipinski definition) is 2. The van der Waals surface area contributed by atoms with Gasteiger partial charge in [0.1, 0.15) is 0 Å². The van der Waals surface area contributed by atoms with E-state index in [2.05, 4.69) is 25.7 Å². The zero-order chi connectivity index (χ0) is 13.5. The highest BCUT2D eigenvalue weighted by Gasteiger charge is 2.54. The van der Waals surface area contributed by atoms with Gasteiger partial charge in [-0.25, -0.2) is 0 Å². The van der Waals surface area contributed by atoms with E-state index in [-0.39, 0.29) is 5.91 Å². The highest BCUT2D eigenvalue weighted by Crippen LogP contribution is 2.48.